The van der Waals surface area contributed by atoms with Crippen molar-refractivity contribution in [3.05, 3.63) is 56.7 Å². The van der Waals surface area contributed by atoms with Crippen LogP contribution in [0.25, 0.3) is 0 Å². The molecule has 0 radical (unpaired) electrons. The molecule has 4 rings (SSSR count). The van der Waals surface area contributed by atoms with E-state index in [4.69, 9.17) is 11.6 Å². The van der Waals surface area contributed by atoms with Crippen molar-refractivity contribution in [1.82, 2.24) is 9.80 Å². The molecule has 0 bridgehead atoms. The molecule has 160 valence electrons. The summed E-state index contributed by atoms with van der Waals surface area (Å²) in [5.41, 5.74) is 2.26. The molecule has 1 aromatic carbocycles. The van der Waals surface area contributed by atoms with Gasteiger partial charge in [0.15, 0.2) is 0 Å². The van der Waals surface area contributed by atoms with Crippen molar-refractivity contribution in [1.29, 1.82) is 0 Å². The number of fused-ring (bicyclic) bond motifs is 1. The molecule has 0 saturated heterocycles. The van der Waals surface area contributed by atoms with Crippen LogP contribution in [0.1, 0.15) is 61.6 Å². The molecule has 1 aliphatic carbocycles. The van der Waals surface area contributed by atoms with E-state index in [0.29, 0.717) is 11.6 Å². The lowest BCUT2D eigenvalue weighted by Gasteiger charge is -2.40. The number of carbonyl (C=O) groups excluding carboxylic acids is 2. The number of hydrogen-bond donors (Lipinski definition) is 0. The van der Waals surface area contributed by atoms with E-state index in [9.17, 15) is 9.59 Å². The number of halogens is 1. The van der Waals surface area contributed by atoms with Crippen LogP contribution in [-0.2, 0) is 16.0 Å². The quantitative estimate of drug-likeness (QED) is 0.606. The zero-order valence-corrected chi connectivity index (χ0v) is 19.2. The zero-order valence-electron chi connectivity index (χ0n) is 17.6. The van der Waals surface area contributed by atoms with Gasteiger partial charge in [-0.2, -0.15) is 0 Å². The van der Waals surface area contributed by atoms with Crippen LogP contribution >= 0.6 is 22.9 Å². The van der Waals surface area contributed by atoms with E-state index in [1.165, 1.54) is 10.4 Å². The molecule has 2 atom stereocenters. The molecule has 2 aliphatic rings. The van der Waals surface area contributed by atoms with Crippen molar-refractivity contribution in [2.45, 2.75) is 58.0 Å². The van der Waals surface area contributed by atoms with Crippen LogP contribution in [0.15, 0.2) is 35.7 Å². The molecule has 4 nitrogen and oxygen atoms in total. The Morgan fingerprint density at radius 2 is 1.97 bits per heavy atom. The average Bonchev–Trinajstić information content (AvgIpc) is 3.18. The Labute approximate surface area is 187 Å². The van der Waals surface area contributed by atoms with Gasteiger partial charge in [-0.3, -0.25) is 9.59 Å². The number of thiophene rings is 1. The van der Waals surface area contributed by atoms with Crippen molar-refractivity contribution >= 4 is 34.8 Å². The summed E-state index contributed by atoms with van der Waals surface area (Å²) in [4.78, 5) is 31.7. The van der Waals surface area contributed by atoms with Gasteiger partial charge in [-0.1, -0.05) is 37.1 Å². The maximum atomic E-state index is 13.6. The lowest BCUT2D eigenvalue weighted by Crippen LogP contribution is -2.51. The second-order valence-corrected chi connectivity index (χ2v) is 9.88. The fraction of sp³-hybridized carbons (Fsp3) is 0.500. The van der Waals surface area contributed by atoms with Gasteiger partial charge in [0.05, 0.1) is 6.04 Å². The largest absolute Gasteiger partial charge is 0.330 e. The molecule has 1 aromatic heterocycles. The number of carbonyl (C=O) groups is 2. The Hall–Kier alpha value is -1.85. The van der Waals surface area contributed by atoms with E-state index in [1.807, 2.05) is 41.0 Å². The molecule has 0 spiro atoms. The van der Waals surface area contributed by atoms with E-state index >= 15 is 0 Å². The van der Waals surface area contributed by atoms with Crippen LogP contribution < -0.4 is 0 Å². The molecule has 2 aromatic rings. The fourth-order valence-electron chi connectivity index (χ4n) is 4.39. The van der Waals surface area contributed by atoms with Crippen LogP contribution in [0.4, 0.5) is 0 Å². The Kier molecular flexibility index (Phi) is 6.49. The van der Waals surface area contributed by atoms with E-state index in [-0.39, 0.29) is 36.4 Å². The minimum Gasteiger partial charge on any atom is -0.330 e. The monoisotopic (exact) mass is 444 g/mol. The fourth-order valence-corrected chi connectivity index (χ4v) is 5.42. The van der Waals surface area contributed by atoms with Gasteiger partial charge in [0.1, 0.15) is 6.54 Å². The van der Waals surface area contributed by atoms with Gasteiger partial charge in [0.25, 0.3) is 0 Å². The van der Waals surface area contributed by atoms with Crippen LogP contribution in [0, 0.1) is 5.92 Å². The molecule has 1 fully saturated rings. The number of amides is 2. The molecule has 6 heteroatoms. The average molecular weight is 445 g/mol. The Bertz CT molecular complexity index is 906. The van der Waals surface area contributed by atoms with E-state index < -0.39 is 0 Å². The summed E-state index contributed by atoms with van der Waals surface area (Å²) < 4.78 is 0. The predicted octanol–water partition coefficient (Wildman–Crippen LogP) is 5.30. The first-order valence-corrected chi connectivity index (χ1v) is 12.2. The predicted molar refractivity (Wildman–Crippen MR) is 122 cm³/mol. The SMILES string of the molecule is CCC(C)N(CC(=O)N1CCc2sccc2C1c1ccc(Cl)cc1)C(=O)C1CCC1. The number of benzene rings is 1. The van der Waals surface area contributed by atoms with Crippen LogP contribution in [0.3, 0.4) is 0 Å². The third-order valence-corrected chi connectivity index (χ3v) is 7.89. The molecule has 2 unspecified atom stereocenters. The summed E-state index contributed by atoms with van der Waals surface area (Å²) in [6.45, 7) is 4.96. The standard InChI is InChI=1S/C24H29ClN2O2S/c1-3-16(2)27(24(29)18-5-4-6-18)15-22(28)26-13-11-21-20(12-14-30-21)23(26)17-7-9-19(25)10-8-17/h7-10,12,14,16,18,23H,3-6,11,13,15H2,1-2H3. The highest BCUT2D eigenvalue weighted by atomic mass is 35.5. The first kappa shape index (κ1) is 21.4. The third kappa shape index (κ3) is 4.15. The minimum atomic E-state index is -0.123. The van der Waals surface area contributed by atoms with Crippen LogP contribution in [0.2, 0.25) is 5.02 Å². The van der Waals surface area contributed by atoms with Crippen molar-refractivity contribution in [3.8, 4) is 0 Å². The van der Waals surface area contributed by atoms with Gasteiger partial charge in [0.2, 0.25) is 11.8 Å². The lowest BCUT2D eigenvalue weighted by molar-refractivity contribution is -0.147. The maximum absolute atomic E-state index is 13.6. The van der Waals surface area contributed by atoms with E-state index in [0.717, 1.165) is 37.7 Å². The highest BCUT2D eigenvalue weighted by molar-refractivity contribution is 7.10. The minimum absolute atomic E-state index is 0.0276. The summed E-state index contributed by atoms with van der Waals surface area (Å²) in [5, 5.41) is 2.79. The second kappa shape index (κ2) is 9.11. The van der Waals surface area contributed by atoms with Gasteiger partial charge >= 0.3 is 0 Å². The van der Waals surface area contributed by atoms with Gasteiger partial charge in [-0.25, -0.2) is 0 Å². The Morgan fingerprint density at radius 1 is 1.23 bits per heavy atom. The van der Waals surface area contributed by atoms with Gasteiger partial charge in [0, 0.05) is 28.4 Å². The number of hydrogen-bond acceptors (Lipinski definition) is 3. The number of nitrogens with zero attached hydrogens (tertiary/aromatic N) is 2. The Morgan fingerprint density at radius 3 is 2.60 bits per heavy atom. The van der Waals surface area contributed by atoms with Crippen molar-refractivity contribution in [2.24, 2.45) is 5.92 Å². The molecule has 2 amide bonds. The highest BCUT2D eigenvalue weighted by Gasteiger charge is 2.37. The molecule has 30 heavy (non-hydrogen) atoms. The summed E-state index contributed by atoms with van der Waals surface area (Å²) in [6.07, 6.45) is 4.73. The lowest BCUT2D eigenvalue weighted by atomic mass is 9.84. The molecular formula is C24H29ClN2O2S. The molecule has 1 saturated carbocycles. The van der Waals surface area contributed by atoms with E-state index in [1.54, 1.807) is 11.3 Å². The summed E-state index contributed by atoms with van der Waals surface area (Å²) in [5.74, 6) is 0.281. The first-order chi connectivity index (χ1) is 14.5. The smallest absolute Gasteiger partial charge is 0.243 e. The third-order valence-electron chi connectivity index (χ3n) is 6.64. The van der Waals surface area contributed by atoms with Crippen molar-refractivity contribution < 1.29 is 9.59 Å². The first-order valence-electron chi connectivity index (χ1n) is 10.9. The molecule has 1 aliphatic heterocycles. The van der Waals surface area contributed by atoms with Crippen molar-refractivity contribution in [2.75, 3.05) is 13.1 Å². The van der Waals surface area contributed by atoms with E-state index in [2.05, 4.69) is 18.4 Å². The van der Waals surface area contributed by atoms with Gasteiger partial charge < -0.3 is 9.80 Å². The number of rotatable bonds is 6. The second-order valence-electron chi connectivity index (χ2n) is 8.44. The maximum Gasteiger partial charge on any atom is 0.243 e. The summed E-state index contributed by atoms with van der Waals surface area (Å²) in [7, 11) is 0. The molecular weight excluding hydrogens is 416 g/mol. The summed E-state index contributed by atoms with van der Waals surface area (Å²) in [6, 6.07) is 9.85. The zero-order chi connectivity index (χ0) is 21.3. The Balaban J connectivity index is 1.60. The van der Waals surface area contributed by atoms with Crippen molar-refractivity contribution in [3.63, 3.8) is 0 Å². The normalized spacial score (nSPS) is 19.7. The summed E-state index contributed by atoms with van der Waals surface area (Å²) >= 11 is 7.86. The molecule has 2 heterocycles. The van der Waals surface area contributed by atoms with Gasteiger partial charge in [-0.15, -0.1) is 11.3 Å². The van der Waals surface area contributed by atoms with Crippen LogP contribution in [-0.4, -0.2) is 40.7 Å². The van der Waals surface area contributed by atoms with Gasteiger partial charge in [-0.05, 0) is 67.3 Å². The molecule has 0 N–H and O–H groups in total. The van der Waals surface area contributed by atoms with Crippen LogP contribution in [0.5, 0.6) is 0 Å². The highest BCUT2D eigenvalue weighted by Crippen LogP contribution is 2.38. The topological polar surface area (TPSA) is 40.6 Å².